The molecule has 0 amide bonds. The van der Waals surface area contributed by atoms with Gasteiger partial charge in [-0.05, 0) is 24.6 Å². The molecule has 0 saturated carbocycles. The monoisotopic (exact) mass is 312 g/mol. The summed E-state index contributed by atoms with van der Waals surface area (Å²) in [5, 5.41) is 8.77. The fraction of sp³-hybridized carbons (Fsp3) is 0.455. The average Bonchev–Trinajstić information content (AvgIpc) is 2.32. The maximum absolute atomic E-state index is 13.9. The minimum absolute atomic E-state index is 0.00321. The number of nitrogens with two attached hydrogens (primary N) is 1. The second-order valence-corrected chi connectivity index (χ2v) is 6.03. The fourth-order valence-corrected chi connectivity index (χ4v) is 3.25. The summed E-state index contributed by atoms with van der Waals surface area (Å²) in [6.45, 7) is -1.03. The van der Waals surface area contributed by atoms with E-state index in [1.165, 1.54) is 13.0 Å². The lowest BCUT2D eigenvalue weighted by Crippen LogP contribution is -2.37. The lowest BCUT2D eigenvalue weighted by molar-refractivity contribution is 0.113. The summed E-state index contributed by atoms with van der Waals surface area (Å²) in [7, 11) is -4.50. The number of aliphatic hydroxyl groups is 1. The lowest BCUT2D eigenvalue weighted by Gasteiger charge is -2.21. The second kappa shape index (κ2) is 6.42. The van der Waals surface area contributed by atoms with Gasteiger partial charge in [0.2, 0.25) is 10.0 Å². The Bertz CT molecular complexity index is 579. The van der Waals surface area contributed by atoms with Crippen LogP contribution in [0.25, 0.3) is 0 Å². The van der Waals surface area contributed by atoms with Crippen LogP contribution in [0, 0.1) is 12.7 Å². The zero-order valence-corrected chi connectivity index (χ0v) is 11.5. The molecule has 20 heavy (non-hydrogen) atoms. The number of aliphatic hydroxyl groups excluding tert-OH is 1. The van der Waals surface area contributed by atoms with Crippen LogP contribution in [0.5, 0.6) is 0 Å². The molecule has 0 fully saturated rings. The van der Waals surface area contributed by atoms with Crippen LogP contribution in [0.1, 0.15) is 5.56 Å². The Labute approximate surface area is 114 Å². The normalized spacial score (nSPS) is 12.3. The molecule has 1 aromatic carbocycles. The predicted octanol–water partition coefficient (Wildman–Crippen LogP) is 0.964. The van der Waals surface area contributed by atoms with Crippen molar-refractivity contribution in [2.24, 2.45) is 0 Å². The van der Waals surface area contributed by atoms with Crippen molar-refractivity contribution in [2.75, 3.05) is 25.4 Å². The van der Waals surface area contributed by atoms with Gasteiger partial charge in [-0.15, -0.1) is 0 Å². The molecule has 1 rings (SSSR count). The number of anilines is 1. The van der Waals surface area contributed by atoms with Gasteiger partial charge in [-0.1, -0.05) is 0 Å². The van der Waals surface area contributed by atoms with Crippen LogP contribution in [0.2, 0.25) is 0 Å². The van der Waals surface area contributed by atoms with Crippen LogP contribution in [0.3, 0.4) is 0 Å². The zero-order valence-electron chi connectivity index (χ0n) is 10.7. The maximum Gasteiger partial charge on any atom is 0.252 e. The van der Waals surface area contributed by atoms with E-state index in [0.717, 1.165) is 6.07 Å². The summed E-state index contributed by atoms with van der Waals surface area (Å²) < 4.78 is 63.4. The molecule has 0 aromatic heterocycles. The van der Waals surface area contributed by atoms with Gasteiger partial charge in [-0.25, -0.2) is 21.6 Å². The highest BCUT2D eigenvalue weighted by Gasteiger charge is 2.30. The van der Waals surface area contributed by atoms with E-state index in [1.54, 1.807) is 0 Å². The highest BCUT2D eigenvalue weighted by atomic mass is 32.2. The predicted molar refractivity (Wildman–Crippen MR) is 67.4 cm³/mol. The number of hydrogen-bond donors (Lipinski definition) is 2. The van der Waals surface area contributed by atoms with E-state index in [1.807, 2.05) is 0 Å². The lowest BCUT2D eigenvalue weighted by atomic mass is 10.2. The van der Waals surface area contributed by atoms with Crippen LogP contribution in [-0.2, 0) is 10.0 Å². The molecule has 0 aliphatic carbocycles. The number of sulfonamides is 1. The van der Waals surface area contributed by atoms with E-state index in [9.17, 15) is 21.6 Å². The van der Waals surface area contributed by atoms with E-state index in [0.29, 0.717) is 4.31 Å². The van der Waals surface area contributed by atoms with Crippen LogP contribution in [0.4, 0.5) is 18.9 Å². The van der Waals surface area contributed by atoms with E-state index < -0.39 is 46.9 Å². The Kier molecular flexibility index (Phi) is 5.37. The summed E-state index contributed by atoms with van der Waals surface area (Å²) in [6.07, 6.45) is -2.94. The molecule has 0 unspecified atom stereocenters. The van der Waals surface area contributed by atoms with E-state index in [2.05, 4.69) is 0 Å². The van der Waals surface area contributed by atoms with Crippen molar-refractivity contribution in [1.82, 2.24) is 4.31 Å². The highest BCUT2D eigenvalue weighted by Crippen LogP contribution is 2.25. The van der Waals surface area contributed by atoms with Gasteiger partial charge in [0, 0.05) is 12.2 Å². The number of hydrogen-bond acceptors (Lipinski definition) is 4. The SMILES string of the molecule is Cc1cc(N)cc(S(=O)(=O)N(CCO)CC(F)F)c1F. The number of nitrogens with zero attached hydrogens (tertiary/aromatic N) is 1. The standard InChI is InChI=1S/C11H15F3N2O3S/c1-7-4-8(15)5-9(11(7)14)20(18,19)16(2-3-17)6-10(12)13/h4-5,10,17H,2-3,6,15H2,1H3. The largest absolute Gasteiger partial charge is 0.399 e. The highest BCUT2D eigenvalue weighted by molar-refractivity contribution is 7.89. The summed E-state index contributed by atoms with van der Waals surface area (Å²) in [6, 6.07) is 2.10. The topological polar surface area (TPSA) is 83.6 Å². The van der Waals surface area contributed by atoms with Crippen molar-refractivity contribution >= 4 is 15.7 Å². The Morgan fingerprint density at radius 3 is 2.50 bits per heavy atom. The molecular formula is C11H15F3N2O3S. The molecule has 0 aliphatic heterocycles. The zero-order chi connectivity index (χ0) is 15.5. The minimum atomic E-state index is -4.50. The van der Waals surface area contributed by atoms with Crippen molar-refractivity contribution < 1.29 is 26.7 Å². The van der Waals surface area contributed by atoms with Crippen molar-refractivity contribution in [3.05, 3.63) is 23.5 Å². The van der Waals surface area contributed by atoms with Gasteiger partial charge in [-0.3, -0.25) is 0 Å². The molecule has 0 bridgehead atoms. The van der Waals surface area contributed by atoms with Gasteiger partial charge in [0.15, 0.2) is 0 Å². The third kappa shape index (κ3) is 3.62. The minimum Gasteiger partial charge on any atom is -0.399 e. The van der Waals surface area contributed by atoms with Gasteiger partial charge in [-0.2, -0.15) is 4.31 Å². The van der Waals surface area contributed by atoms with Crippen LogP contribution < -0.4 is 5.73 Å². The quantitative estimate of drug-likeness (QED) is 0.767. The van der Waals surface area contributed by atoms with Crippen LogP contribution >= 0.6 is 0 Å². The molecule has 5 nitrogen and oxygen atoms in total. The Morgan fingerprint density at radius 1 is 1.40 bits per heavy atom. The first-order valence-electron chi connectivity index (χ1n) is 5.65. The molecule has 3 N–H and O–H groups in total. The van der Waals surface area contributed by atoms with Gasteiger partial charge in [0.1, 0.15) is 10.7 Å². The molecule has 0 saturated heterocycles. The molecule has 0 atom stereocenters. The Morgan fingerprint density at radius 2 is 2.00 bits per heavy atom. The summed E-state index contributed by atoms with van der Waals surface area (Å²) in [5.74, 6) is -1.04. The molecule has 0 aliphatic rings. The third-order valence-corrected chi connectivity index (χ3v) is 4.42. The second-order valence-electron chi connectivity index (χ2n) is 4.13. The first kappa shape index (κ1) is 16.7. The smallest absolute Gasteiger partial charge is 0.252 e. The molecule has 0 heterocycles. The van der Waals surface area contributed by atoms with Gasteiger partial charge in [0.05, 0.1) is 13.2 Å². The van der Waals surface area contributed by atoms with E-state index in [-0.39, 0.29) is 11.3 Å². The van der Waals surface area contributed by atoms with Crippen molar-refractivity contribution in [3.63, 3.8) is 0 Å². The van der Waals surface area contributed by atoms with Gasteiger partial charge >= 0.3 is 0 Å². The molecule has 0 radical (unpaired) electrons. The van der Waals surface area contributed by atoms with E-state index in [4.69, 9.17) is 10.8 Å². The number of halogens is 3. The summed E-state index contributed by atoms with van der Waals surface area (Å²) >= 11 is 0. The number of alkyl halides is 2. The van der Waals surface area contributed by atoms with Crippen LogP contribution in [-0.4, -0.2) is 44.0 Å². The Hall–Kier alpha value is -1.32. The average molecular weight is 312 g/mol. The summed E-state index contributed by atoms with van der Waals surface area (Å²) in [5.41, 5.74) is 5.45. The van der Waals surface area contributed by atoms with Gasteiger partial charge in [0.25, 0.3) is 6.43 Å². The molecular weight excluding hydrogens is 297 g/mol. The number of rotatable bonds is 6. The number of benzene rings is 1. The molecule has 9 heteroatoms. The van der Waals surface area contributed by atoms with Gasteiger partial charge < -0.3 is 10.8 Å². The Balaban J connectivity index is 3.33. The van der Waals surface area contributed by atoms with E-state index >= 15 is 0 Å². The molecule has 114 valence electrons. The summed E-state index contributed by atoms with van der Waals surface area (Å²) in [4.78, 5) is -0.774. The fourth-order valence-electron chi connectivity index (χ4n) is 1.67. The number of nitrogen functional groups attached to an aromatic ring is 1. The molecule has 1 aromatic rings. The first-order valence-corrected chi connectivity index (χ1v) is 7.09. The third-order valence-electron chi connectivity index (χ3n) is 2.55. The first-order chi connectivity index (χ1) is 9.20. The number of aryl methyl sites for hydroxylation is 1. The maximum atomic E-state index is 13.9. The van der Waals surface area contributed by atoms with Crippen molar-refractivity contribution in [3.8, 4) is 0 Å². The van der Waals surface area contributed by atoms with Crippen LogP contribution in [0.15, 0.2) is 17.0 Å². The van der Waals surface area contributed by atoms with Crippen molar-refractivity contribution in [2.45, 2.75) is 18.2 Å². The van der Waals surface area contributed by atoms with Crippen molar-refractivity contribution in [1.29, 1.82) is 0 Å². The molecule has 0 spiro atoms.